The second kappa shape index (κ2) is 7.13. The van der Waals surface area contributed by atoms with E-state index in [-0.39, 0.29) is 29.4 Å². The predicted octanol–water partition coefficient (Wildman–Crippen LogP) is 1.20. The lowest BCUT2D eigenvalue weighted by Gasteiger charge is -2.26. The van der Waals surface area contributed by atoms with Crippen molar-refractivity contribution in [1.82, 2.24) is 4.31 Å². The van der Waals surface area contributed by atoms with Crippen LogP contribution in [0.25, 0.3) is 0 Å². The Morgan fingerprint density at radius 3 is 2.62 bits per heavy atom. The molecule has 1 aromatic carbocycles. The Kier molecular flexibility index (Phi) is 5.58. The minimum absolute atomic E-state index is 0.0173. The van der Waals surface area contributed by atoms with Crippen molar-refractivity contribution in [2.75, 3.05) is 24.7 Å². The van der Waals surface area contributed by atoms with Gasteiger partial charge in [0, 0.05) is 6.04 Å². The molecule has 1 saturated heterocycles. The van der Waals surface area contributed by atoms with E-state index < -0.39 is 25.9 Å². The van der Waals surface area contributed by atoms with E-state index >= 15 is 0 Å². The fourth-order valence-electron chi connectivity index (χ4n) is 2.80. The van der Waals surface area contributed by atoms with Gasteiger partial charge in [-0.05, 0) is 44.0 Å². The zero-order valence-electron chi connectivity index (χ0n) is 13.7. The lowest BCUT2D eigenvalue weighted by atomic mass is 10.2. The Balaban J connectivity index is 2.40. The highest BCUT2D eigenvalue weighted by atomic mass is 32.2. The van der Waals surface area contributed by atoms with E-state index in [0.29, 0.717) is 17.9 Å². The molecule has 0 aromatic heterocycles. The van der Waals surface area contributed by atoms with Crippen LogP contribution in [0.3, 0.4) is 0 Å². The van der Waals surface area contributed by atoms with Crippen LogP contribution in [-0.4, -0.2) is 51.8 Å². The summed E-state index contributed by atoms with van der Waals surface area (Å²) in [4.78, 5) is 0.116. The third-order valence-corrected chi connectivity index (χ3v) is 7.72. The molecular weight excluding hydrogens is 350 g/mol. The largest absolute Gasteiger partial charge is 0.494 e. The molecule has 0 saturated carbocycles. The first-order valence-corrected chi connectivity index (χ1v) is 10.9. The fraction of sp³-hybridized carbons (Fsp3) is 0.500. The molecule has 0 bridgehead atoms. The number of sulfone groups is 1. The first-order chi connectivity index (χ1) is 11.2. The van der Waals surface area contributed by atoms with Crippen LogP contribution in [0.2, 0.25) is 0 Å². The SMILES string of the molecule is C#CCN([C@@H]1CCS(=O)(=O)C1)S(=O)(=O)c1ccc(OCC)cc1C. The quantitative estimate of drug-likeness (QED) is 0.702. The number of benzene rings is 1. The van der Waals surface area contributed by atoms with Crippen molar-refractivity contribution in [2.24, 2.45) is 0 Å². The first kappa shape index (κ1) is 18.8. The summed E-state index contributed by atoms with van der Waals surface area (Å²) in [5.41, 5.74) is 0.531. The molecule has 1 aliphatic rings. The molecule has 0 amide bonds. The molecule has 0 N–H and O–H groups in total. The molecule has 2 rings (SSSR count). The van der Waals surface area contributed by atoms with Gasteiger partial charge in [0.25, 0.3) is 0 Å². The normalized spacial score (nSPS) is 20.0. The van der Waals surface area contributed by atoms with Crippen LogP contribution in [-0.2, 0) is 19.9 Å². The van der Waals surface area contributed by atoms with Crippen LogP contribution in [0.4, 0.5) is 0 Å². The number of hydrogen-bond acceptors (Lipinski definition) is 5. The summed E-state index contributed by atoms with van der Waals surface area (Å²) in [6.07, 6.45) is 5.58. The first-order valence-electron chi connectivity index (χ1n) is 7.60. The maximum absolute atomic E-state index is 13.0. The minimum Gasteiger partial charge on any atom is -0.494 e. The maximum atomic E-state index is 13.0. The second-order valence-corrected chi connectivity index (χ2v) is 9.76. The topological polar surface area (TPSA) is 80.8 Å². The van der Waals surface area contributed by atoms with Gasteiger partial charge in [-0.15, -0.1) is 6.42 Å². The highest BCUT2D eigenvalue weighted by molar-refractivity contribution is 7.92. The molecule has 6 nitrogen and oxygen atoms in total. The summed E-state index contributed by atoms with van der Waals surface area (Å²) in [5, 5.41) is 0. The van der Waals surface area contributed by atoms with Crippen molar-refractivity contribution in [3.8, 4) is 18.1 Å². The highest BCUT2D eigenvalue weighted by Gasteiger charge is 2.38. The van der Waals surface area contributed by atoms with Crippen molar-refractivity contribution >= 4 is 19.9 Å². The molecule has 1 aliphatic heterocycles. The molecular formula is C16H21NO5S2. The summed E-state index contributed by atoms with van der Waals surface area (Å²) in [6.45, 7) is 3.84. The monoisotopic (exact) mass is 371 g/mol. The van der Waals surface area contributed by atoms with Crippen molar-refractivity contribution in [3.63, 3.8) is 0 Å². The smallest absolute Gasteiger partial charge is 0.244 e. The Morgan fingerprint density at radius 2 is 2.12 bits per heavy atom. The van der Waals surface area contributed by atoms with E-state index in [9.17, 15) is 16.8 Å². The third kappa shape index (κ3) is 3.91. The number of nitrogens with zero attached hydrogens (tertiary/aromatic N) is 1. The molecule has 0 aliphatic carbocycles. The summed E-state index contributed by atoms with van der Waals surface area (Å²) < 4.78 is 55.9. The van der Waals surface area contributed by atoms with Gasteiger partial charge in [-0.2, -0.15) is 4.31 Å². The lowest BCUT2D eigenvalue weighted by molar-refractivity contribution is 0.339. The molecule has 1 heterocycles. The summed E-state index contributed by atoms with van der Waals surface area (Å²) in [5.74, 6) is 2.70. The molecule has 8 heteroatoms. The Labute approximate surface area is 143 Å². The zero-order chi connectivity index (χ0) is 18.0. The van der Waals surface area contributed by atoms with Crippen LogP contribution < -0.4 is 4.74 Å². The predicted molar refractivity (Wildman–Crippen MR) is 92.1 cm³/mol. The minimum atomic E-state index is -3.89. The Hall–Kier alpha value is -1.56. The van der Waals surface area contributed by atoms with E-state index in [0.717, 1.165) is 4.31 Å². The van der Waals surface area contributed by atoms with Gasteiger partial charge in [0.05, 0.1) is 29.6 Å². The zero-order valence-corrected chi connectivity index (χ0v) is 15.4. The highest BCUT2D eigenvalue weighted by Crippen LogP contribution is 2.28. The Morgan fingerprint density at radius 1 is 1.42 bits per heavy atom. The van der Waals surface area contributed by atoms with Crippen LogP contribution in [0.15, 0.2) is 23.1 Å². The fourth-order valence-corrected chi connectivity index (χ4v) is 6.40. The maximum Gasteiger partial charge on any atom is 0.244 e. The molecule has 0 unspecified atom stereocenters. The van der Waals surface area contributed by atoms with E-state index in [4.69, 9.17) is 11.2 Å². The standard InChI is InChI=1S/C16H21NO5S2/c1-4-9-17(14-8-10-23(18,19)12-14)24(20,21)16-7-6-15(22-5-2)11-13(16)3/h1,6-7,11,14H,5,8-10,12H2,2-3H3/t14-/m1/s1. The van der Waals surface area contributed by atoms with Crippen molar-refractivity contribution < 1.29 is 21.6 Å². The summed E-state index contributed by atoms with van der Waals surface area (Å²) in [7, 11) is -7.11. The summed E-state index contributed by atoms with van der Waals surface area (Å²) in [6, 6.07) is 4.09. The molecule has 0 spiro atoms. The number of ether oxygens (including phenoxy) is 1. The van der Waals surface area contributed by atoms with Gasteiger partial charge in [-0.1, -0.05) is 5.92 Å². The van der Waals surface area contributed by atoms with Crippen molar-refractivity contribution in [2.45, 2.75) is 31.2 Å². The van der Waals surface area contributed by atoms with Gasteiger partial charge in [-0.25, -0.2) is 16.8 Å². The van der Waals surface area contributed by atoms with Gasteiger partial charge in [0.1, 0.15) is 5.75 Å². The Bertz CT molecular complexity index is 853. The number of rotatable bonds is 6. The molecule has 0 radical (unpaired) electrons. The van der Waals surface area contributed by atoms with Crippen molar-refractivity contribution in [3.05, 3.63) is 23.8 Å². The number of aryl methyl sites for hydroxylation is 1. The molecule has 1 aromatic rings. The summed E-state index contributed by atoms with van der Waals surface area (Å²) >= 11 is 0. The lowest BCUT2D eigenvalue weighted by Crippen LogP contribution is -2.41. The molecule has 1 fully saturated rings. The average molecular weight is 371 g/mol. The van der Waals surface area contributed by atoms with Gasteiger partial charge in [0.2, 0.25) is 10.0 Å². The van der Waals surface area contributed by atoms with Crippen LogP contribution in [0.5, 0.6) is 5.75 Å². The third-order valence-electron chi connectivity index (χ3n) is 3.91. The van der Waals surface area contributed by atoms with E-state index in [1.54, 1.807) is 19.1 Å². The van der Waals surface area contributed by atoms with E-state index in [1.807, 2.05) is 6.92 Å². The molecule has 1 atom stereocenters. The molecule has 24 heavy (non-hydrogen) atoms. The van der Waals surface area contributed by atoms with E-state index in [2.05, 4.69) is 5.92 Å². The van der Waals surface area contributed by atoms with Gasteiger partial charge < -0.3 is 4.74 Å². The number of sulfonamides is 1. The second-order valence-electron chi connectivity index (χ2n) is 5.67. The van der Waals surface area contributed by atoms with Crippen LogP contribution in [0, 0.1) is 19.3 Å². The van der Waals surface area contributed by atoms with Crippen molar-refractivity contribution in [1.29, 1.82) is 0 Å². The van der Waals surface area contributed by atoms with Gasteiger partial charge in [0.15, 0.2) is 9.84 Å². The van der Waals surface area contributed by atoms with Crippen LogP contribution in [0.1, 0.15) is 18.9 Å². The van der Waals surface area contributed by atoms with Crippen LogP contribution >= 0.6 is 0 Å². The van der Waals surface area contributed by atoms with E-state index in [1.165, 1.54) is 6.07 Å². The number of hydrogen-bond donors (Lipinski definition) is 0. The number of terminal acetylenes is 1. The van der Waals surface area contributed by atoms with Gasteiger partial charge in [-0.3, -0.25) is 0 Å². The average Bonchev–Trinajstić information content (AvgIpc) is 2.84. The molecule has 132 valence electrons. The van der Waals surface area contributed by atoms with Gasteiger partial charge >= 0.3 is 0 Å².